The number of rotatable bonds is 5. The number of hydrogen-bond acceptors (Lipinski definition) is 4. The molecule has 132 valence electrons. The summed E-state index contributed by atoms with van der Waals surface area (Å²) in [6, 6.07) is 8.76. The van der Waals surface area contributed by atoms with Crippen molar-refractivity contribution in [2.24, 2.45) is 0 Å². The second kappa shape index (κ2) is 8.88. The maximum Gasteiger partial charge on any atom is 0.227 e. The van der Waals surface area contributed by atoms with Crippen molar-refractivity contribution < 1.29 is 9.53 Å². The lowest BCUT2D eigenvalue weighted by molar-refractivity contribution is -0.134. The van der Waals surface area contributed by atoms with Gasteiger partial charge in [0.2, 0.25) is 5.91 Å². The summed E-state index contributed by atoms with van der Waals surface area (Å²) >= 11 is 1.73. The molecule has 1 aromatic rings. The van der Waals surface area contributed by atoms with Crippen molar-refractivity contribution in [2.75, 3.05) is 45.6 Å². The van der Waals surface area contributed by atoms with Gasteiger partial charge >= 0.3 is 0 Å². The maximum atomic E-state index is 12.9. The van der Waals surface area contributed by atoms with Crippen LogP contribution in [0, 0.1) is 0 Å². The van der Waals surface area contributed by atoms with Crippen LogP contribution in [0.2, 0.25) is 0 Å². The molecule has 0 N–H and O–H groups in total. The average molecular weight is 349 g/mol. The van der Waals surface area contributed by atoms with E-state index in [-0.39, 0.29) is 5.91 Å². The van der Waals surface area contributed by atoms with E-state index in [9.17, 15) is 4.79 Å². The Hall–Kier alpha value is -1.04. The van der Waals surface area contributed by atoms with Gasteiger partial charge in [0.1, 0.15) is 0 Å². The third-order valence-electron chi connectivity index (χ3n) is 5.03. The number of benzene rings is 1. The summed E-state index contributed by atoms with van der Waals surface area (Å²) in [6.45, 7) is 5.55. The van der Waals surface area contributed by atoms with Gasteiger partial charge < -0.3 is 9.64 Å². The minimum atomic E-state index is 0.282. The number of carbonyl (C=O) groups is 1. The minimum absolute atomic E-state index is 0.282. The monoisotopic (exact) mass is 348 g/mol. The molecule has 1 atom stereocenters. The van der Waals surface area contributed by atoms with Crippen LogP contribution in [0.5, 0.6) is 0 Å². The molecule has 0 aromatic heterocycles. The van der Waals surface area contributed by atoms with Crippen LogP contribution in [-0.4, -0.2) is 67.4 Å². The Kier molecular flexibility index (Phi) is 6.58. The smallest absolute Gasteiger partial charge is 0.227 e. The maximum absolute atomic E-state index is 12.9. The minimum Gasteiger partial charge on any atom is -0.379 e. The number of piperidine rings is 1. The molecule has 24 heavy (non-hydrogen) atoms. The van der Waals surface area contributed by atoms with E-state index in [1.54, 1.807) is 11.8 Å². The van der Waals surface area contributed by atoms with Crippen LogP contribution in [0.4, 0.5) is 0 Å². The van der Waals surface area contributed by atoms with Gasteiger partial charge in [-0.2, -0.15) is 0 Å². The molecule has 2 fully saturated rings. The Labute approximate surface area is 149 Å². The van der Waals surface area contributed by atoms with Crippen LogP contribution in [0.3, 0.4) is 0 Å². The number of thioether (sulfide) groups is 1. The number of ether oxygens (including phenoxy) is 1. The fourth-order valence-corrected chi connectivity index (χ4v) is 4.03. The summed E-state index contributed by atoms with van der Waals surface area (Å²) < 4.78 is 5.44. The van der Waals surface area contributed by atoms with Gasteiger partial charge in [-0.15, -0.1) is 11.8 Å². The van der Waals surface area contributed by atoms with E-state index in [4.69, 9.17) is 4.74 Å². The predicted octanol–water partition coefficient (Wildman–Crippen LogP) is 2.66. The number of amides is 1. The third kappa shape index (κ3) is 4.74. The van der Waals surface area contributed by atoms with Gasteiger partial charge in [-0.25, -0.2) is 0 Å². The number of morpholine rings is 1. The zero-order chi connectivity index (χ0) is 16.8. The molecule has 4 nitrogen and oxygen atoms in total. The van der Waals surface area contributed by atoms with Gasteiger partial charge in [-0.3, -0.25) is 9.69 Å². The molecular weight excluding hydrogens is 320 g/mol. The molecule has 0 unspecified atom stereocenters. The van der Waals surface area contributed by atoms with E-state index < -0.39 is 0 Å². The largest absolute Gasteiger partial charge is 0.379 e. The van der Waals surface area contributed by atoms with E-state index >= 15 is 0 Å². The zero-order valence-corrected chi connectivity index (χ0v) is 15.4. The highest BCUT2D eigenvalue weighted by Gasteiger charge is 2.28. The van der Waals surface area contributed by atoms with Gasteiger partial charge in [0.05, 0.1) is 19.6 Å². The quantitative estimate of drug-likeness (QED) is 0.766. The van der Waals surface area contributed by atoms with Crippen molar-refractivity contribution in [3.05, 3.63) is 29.8 Å². The second-order valence-electron chi connectivity index (χ2n) is 6.67. The molecule has 5 heteroatoms. The van der Waals surface area contributed by atoms with E-state index in [1.807, 2.05) is 0 Å². The van der Waals surface area contributed by atoms with Crippen LogP contribution >= 0.6 is 11.8 Å². The van der Waals surface area contributed by atoms with Crippen molar-refractivity contribution in [1.82, 2.24) is 9.80 Å². The zero-order valence-electron chi connectivity index (χ0n) is 14.6. The highest BCUT2D eigenvalue weighted by atomic mass is 32.2. The first kappa shape index (κ1) is 17.8. The van der Waals surface area contributed by atoms with Gasteiger partial charge in [0.25, 0.3) is 0 Å². The highest BCUT2D eigenvalue weighted by molar-refractivity contribution is 7.98. The fraction of sp³-hybridized carbons (Fsp3) is 0.632. The summed E-state index contributed by atoms with van der Waals surface area (Å²) in [5, 5.41) is 0. The second-order valence-corrected chi connectivity index (χ2v) is 7.55. The summed E-state index contributed by atoms with van der Waals surface area (Å²) in [6.07, 6.45) is 6.10. The van der Waals surface area contributed by atoms with Crippen LogP contribution < -0.4 is 0 Å². The first-order valence-corrected chi connectivity index (χ1v) is 10.2. The molecular formula is C19H28N2O2S. The molecule has 1 aromatic carbocycles. The molecule has 2 aliphatic rings. The molecule has 0 bridgehead atoms. The standard InChI is InChI=1S/C19H28N2O2S/c1-24-18-7-5-16(6-8-18)14-19(22)21-9-3-2-4-17(21)15-20-10-12-23-13-11-20/h5-8,17H,2-4,9-15H2,1H3/t17-/m1/s1. The van der Waals surface area contributed by atoms with Crippen molar-refractivity contribution >= 4 is 17.7 Å². The van der Waals surface area contributed by atoms with Gasteiger partial charge in [-0.05, 0) is 43.2 Å². The third-order valence-corrected chi connectivity index (χ3v) is 5.78. The topological polar surface area (TPSA) is 32.8 Å². The summed E-state index contributed by atoms with van der Waals surface area (Å²) in [5.74, 6) is 0.282. The Morgan fingerprint density at radius 3 is 2.62 bits per heavy atom. The van der Waals surface area contributed by atoms with E-state index in [2.05, 4.69) is 40.3 Å². The predicted molar refractivity (Wildman–Crippen MR) is 98.5 cm³/mol. The van der Waals surface area contributed by atoms with Crippen LogP contribution in [0.25, 0.3) is 0 Å². The summed E-state index contributed by atoms with van der Waals surface area (Å²) in [5.41, 5.74) is 1.12. The average Bonchev–Trinajstić information content (AvgIpc) is 2.63. The first-order valence-electron chi connectivity index (χ1n) is 8.99. The normalized spacial score (nSPS) is 22.5. The molecule has 2 aliphatic heterocycles. The Morgan fingerprint density at radius 2 is 1.92 bits per heavy atom. The molecule has 0 saturated carbocycles. The lowest BCUT2D eigenvalue weighted by Crippen LogP contribution is -2.51. The highest BCUT2D eigenvalue weighted by Crippen LogP contribution is 2.21. The van der Waals surface area contributed by atoms with Crippen LogP contribution in [0.1, 0.15) is 24.8 Å². The molecule has 0 spiro atoms. The number of hydrogen-bond donors (Lipinski definition) is 0. The Bertz CT molecular complexity index is 529. The van der Waals surface area contributed by atoms with Crippen LogP contribution in [0.15, 0.2) is 29.2 Å². The molecule has 1 amide bonds. The van der Waals surface area contributed by atoms with E-state index in [1.165, 1.54) is 11.3 Å². The van der Waals surface area contributed by atoms with Gasteiger partial charge in [0, 0.05) is 37.1 Å². The van der Waals surface area contributed by atoms with Gasteiger partial charge in [0.15, 0.2) is 0 Å². The number of nitrogens with zero attached hydrogens (tertiary/aromatic N) is 2. The first-order chi connectivity index (χ1) is 11.8. The van der Waals surface area contributed by atoms with Crippen molar-refractivity contribution in [3.63, 3.8) is 0 Å². The molecule has 2 heterocycles. The Balaban J connectivity index is 1.59. The molecule has 3 rings (SSSR count). The summed E-state index contributed by atoms with van der Waals surface area (Å²) in [4.78, 5) is 18.7. The lowest BCUT2D eigenvalue weighted by Gasteiger charge is -2.39. The molecule has 0 radical (unpaired) electrons. The molecule has 2 saturated heterocycles. The SMILES string of the molecule is CSc1ccc(CC(=O)N2CCCC[C@@H]2CN2CCOCC2)cc1. The Morgan fingerprint density at radius 1 is 1.17 bits per heavy atom. The van der Waals surface area contributed by atoms with Crippen molar-refractivity contribution in [1.29, 1.82) is 0 Å². The molecule has 0 aliphatic carbocycles. The van der Waals surface area contributed by atoms with Crippen molar-refractivity contribution in [3.8, 4) is 0 Å². The fourth-order valence-electron chi connectivity index (χ4n) is 3.62. The summed E-state index contributed by atoms with van der Waals surface area (Å²) in [7, 11) is 0. The van der Waals surface area contributed by atoms with E-state index in [0.29, 0.717) is 12.5 Å². The lowest BCUT2D eigenvalue weighted by atomic mass is 10.00. The van der Waals surface area contributed by atoms with Crippen LogP contribution in [-0.2, 0) is 16.0 Å². The van der Waals surface area contributed by atoms with Crippen molar-refractivity contribution in [2.45, 2.75) is 36.6 Å². The van der Waals surface area contributed by atoms with E-state index in [0.717, 1.165) is 57.8 Å². The number of likely N-dealkylation sites (tertiary alicyclic amines) is 1. The number of carbonyl (C=O) groups excluding carboxylic acids is 1. The van der Waals surface area contributed by atoms with Gasteiger partial charge in [-0.1, -0.05) is 12.1 Å².